The van der Waals surface area contributed by atoms with Crippen LogP contribution in [0.5, 0.6) is 11.5 Å². The molecular formula is C25H24ClN3O4. The van der Waals surface area contributed by atoms with Crippen LogP contribution in [0.4, 0.5) is 5.69 Å². The highest BCUT2D eigenvalue weighted by Crippen LogP contribution is 2.28. The van der Waals surface area contributed by atoms with Crippen molar-refractivity contribution in [3.8, 4) is 11.5 Å². The molecule has 0 spiro atoms. The van der Waals surface area contributed by atoms with Crippen molar-refractivity contribution >= 4 is 35.3 Å². The van der Waals surface area contributed by atoms with E-state index in [4.69, 9.17) is 21.1 Å². The van der Waals surface area contributed by atoms with Crippen LogP contribution in [0.3, 0.4) is 0 Å². The lowest BCUT2D eigenvalue weighted by Gasteiger charge is -2.13. The number of ether oxygens (including phenoxy) is 2. The predicted molar refractivity (Wildman–Crippen MR) is 130 cm³/mol. The number of hydrazone groups is 1. The van der Waals surface area contributed by atoms with E-state index in [1.807, 2.05) is 19.9 Å². The van der Waals surface area contributed by atoms with Gasteiger partial charge in [0.25, 0.3) is 11.8 Å². The van der Waals surface area contributed by atoms with Crippen LogP contribution in [0.2, 0.25) is 5.02 Å². The average Bonchev–Trinajstić information content (AvgIpc) is 2.80. The molecule has 0 unspecified atom stereocenters. The van der Waals surface area contributed by atoms with E-state index >= 15 is 0 Å². The van der Waals surface area contributed by atoms with Crippen molar-refractivity contribution in [2.45, 2.75) is 20.0 Å². The SMILES string of the molecule is COc1cc(/C=N\NC(=O)c2ccc(NC(=O)c3ccccc3Cl)cc2)ccc1OC(C)C. The molecule has 33 heavy (non-hydrogen) atoms. The molecule has 0 aliphatic heterocycles. The van der Waals surface area contributed by atoms with E-state index in [9.17, 15) is 9.59 Å². The Labute approximate surface area is 197 Å². The predicted octanol–water partition coefficient (Wildman–Crippen LogP) is 5.15. The number of benzene rings is 3. The highest BCUT2D eigenvalue weighted by atomic mass is 35.5. The lowest BCUT2D eigenvalue weighted by Crippen LogP contribution is -2.18. The second-order valence-electron chi connectivity index (χ2n) is 7.29. The lowest BCUT2D eigenvalue weighted by atomic mass is 10.1. The topological polar surface area (TPSA) is 89.0 Å². The van der Waals surface area contributed by atoms with Gasteiger partial charge in [0.2, 0.25) is 0 Å². The molecule has 0 saturated carbocycles. The van der Waals surface area contributed by atoms with Crippen LogP contribution in [0.15, 0.2) is 71.8 Å². The minimum absolute atomic E-state index is 0.0218. The van der Waals surface area contributed by atoms with Crippen molar-refractivity contribution in [1.82, 2.24) is 5.43 Å². The quantitative estimate of drug-likeness (QED) is 0.355. The first-order chi connectivity index (χ1) is 15.9. The molecule has 170 valence electrons. The maximum Gasteiger partial charge on any atom is 0.271 e. The van der Waals surface area contributed by atoms with E-state index in [-0.39, 0.29) is 17.9 Å². The first kappa shape index (κ1) is 23.8. The van der Waals surface area contributed by atoms with Crippen molar-refractivity contribution in [3.05, 3.63) is 88.4 Å². The smallest absolute Gasteiger partial charge is 0.271 e. The van der Waals surface area contributed by atoms with Gasteiger partial charge in [0.1, 0.15) is 0 Å². The summed E-state index contributed by atoms with van der Waals surface area (Å²) in [6.45, 7) is 3.87. The normalized spacial score (nSPS) is 10.8. The Kier molecular flexibility index (Phi) is 8.05. The van der Waals surface area contributed by atoms with Gasteiger partial charge in [-0.25, -0.2) is 5.43 Å². The summed E-state index contributed by atoms with van der Waals surface area (Å²) in [5, 5.41) is 7.11. The van der Waals surface area contributed by atoms with Gasteiger partial charge in [-0.3, -0.25) is 9.59 Å². The van der Waals surface area contributed by atoms with E-state index in [0.717, 1.165) is 5.56 Å². The molecule has 0 heterocycles. The van der Waals surface area contributed by atoms with Gasteiger partial charge in [-0.1, -0.05) is 23.7 Å². The van der Waals surface area contributed by atoms with E-state index in [2.05, 4.69) is 15.8 Å². The van der Waals surface area contributed by atoms with Crippen LogP contribution in [-0.4, -0.2) is 31.2 Å². The van der Waals surface area contributed by atoms with Gasteiger partial charge in [-0.15, -0.1) is 0 Å². The zero-order valence-electron chi connectivity index (χ0n) is 18.5. The Morgan fingerprint density at radius 1 is 0.970 bits per heavy atom. The fourth-order valence-corrected chi connectivity index (χ4v) is 3.12. The largest absolute Gasteiger partial charge is 0.493 e. The molecular weight excluding hydrogens is 442 g/mol. The Balaban J connectivity index is 1.59. The number of nitrogens with one attached hydrogen (secondary N) is 2. The number of carbonyl (C=O) groups is 2. The number of halogens is 1. The fourth-order valence-electron chi connectivity index (χ4n) is 2.89. The second-order valence-corrected chi connectivity index (χ2v) is 7.69. The van der Waals surface area contributed by atoms with Crippen molar-refractivity contribution in [3.63, 3.8) is 0 Å². The monoisotopic (exact) mass is 465 g/mol. The third kappa shape index (κ3) is 6.57. The number of hydrogen-bond donors (Lipinski definition) is 2. The molecule has 0 radical (unpaired) electrons. The van der Waals surface area contributed by atoms with E-state index in [1.165, 1.54) is 6.21 Å². The number of nitrogens with zero attached hydrogens (tertiary/aromatic N) is 1. The summed E-state index contributed by atoms with van der Waals surface area (Å²) in [6.07, 6.45) is 1.53. The molecule has 0 aromatic heterocycles. The van der Waals surface area contributed by atoms with Gasteiger partial charge >= 0.3 is 0 Å². The Morgan fingerprint density at radius 3 is 2.36 bits per heavy atom. The summed E-state index contributed by atoms with van der Waals surface area (Å²) in [7, 11) is 1.56. The zero-order valence-corrected chi connectivity index (χ0v) is 19.2. The lowest BCUT2D eigenvalue weighted by molar-refractivity contribution is 0.0954. The first-order valence-corrected chi connectivity index (χ1v) is 10.6. The molecule has 8 heteroatoms. The summed E-state index contributed by atoms with van der Waals surface area (Å²) in [5.41, 5.74) is 4.51. The van der Waals surface area contributed by atoms with Crippen LogP contribution >= 0.6 is 11.6 Å². The second kappa shape index (κ2) is 11.2. The Hall–Kier alpha value is -3.84. The number of carbonyl (C=O) groups excluding carboxylic acids is 2. The Bertz CT molecular complexity index is 1160. The van der Waals surface area contributed by atoms with Crippen LogP contribution in [-0.2, 0) is 0 Å². The van der Waals surface area contributed by atoms with Crippen molar-refractivity contribution in [1.29, 1.82) is 0 Å². The maximum atomic E-state index is 12.4. The molecule has 0 fully saturated rings. The molecule has 3 aromatic rings. The molecule has 0 bridgehead atoms. The van der Waals surface area contributed by atoms with Gasteiger partial charge in [0.15, 0.2) is 11.5 Å². The summed E-state index contributed by atoms with van der Waals surface area (Å²) < 4.78 is 11.0. The van der Waals surface area contributed by atoms with Crippen LogP contribution in [0, 0.1) is 0 Å². The van der Waals surface area contributed by atoms with E-state index in [1.54, 1.807) is 67.8 Å². The zero-order chi connectivity index (χ0) is 23.8. The summed E-state index contributed by atoms with van der Waals surface area (Å²) in [4.78, 5) is 24.7. The van der Waals surface area contributed by atoms with Crippen LogP contribution in [0.25, 0.3) is 0 Å². The van der Waals surface area contributed by atoms with Gasteiger partial charge in [0.05, 0.1) is 30.0 Å². The van der Waals surface area contributed by atoms with Gasteiger partial charge in [-0.05, 0) is 74.0 Å². The molecule has 7 nitrogen and oxygen atoms in total. The summed E-state index contributed by atoms with van der Waals surface area (Å²) in [6, 6.07) is 18.6. The minimum Gasteiger partial charge on any atom is -0.493 e. The van der Waals surface area contributed by atoms with Gasteiger partial charge in [-0.2, -0.15) is 5.10 Å². The van der Waals surface area contributed by atoms with Crippen LogP contribution < -0.4 is 20.2 Å². The van der Waals surface area contributed by atoms with Crippen molar-refractivity contribution in [2.75, 3.05) is 12.4 Å². The third-order valence-corrected chi connectivity index (χ3v) is 4.78. The third-order valence-electron chi connectivity index (χ3n) is 4.45. The van der Waals surface area contributed by atoms with E-state index in [0.29, 0.717) is 33.3 Å². The first-order valence-electron chi connectivity index (χ1n) is 10.2. The van der Waals surface area contributed by atoms with E-state index < -0.39 is 0 Å². The van der Waals surface area contributed by atoms with Crippen LogP contribution in [0.1, 0.15) is 40.1 Å². The standard InChI is InChI=1S/C25H24ClN3O4/c1-16(2)33-22-13-8-17(14-23(22)32-3)15-27-29-24(30)18-9-11-19(12-10-18)28-25(31)20-6-4-5-7-21(20)26/h4-16H,1-3H3,(H,28,31)(H,29,30)/b27-15-. The summed E-state index contributed by atoms with van der Waals surface area (Å²) in [5.74, 6) is 0.494. The molecule has 0 aliphatic carbocycles. The van der Waals surface area contributed by atoms with Gasteiger partial charge < -0.3 is 14.8 Å². The highest BCUT2D eigenvalue weighted by molar-refractivity contribution is 6.34. The van der Waals surface area contributed by atoms with Gasteiger partial charge in [0, 0.05) is 11.3 Å². The minimum atomic E-state index is -0.387. The Morgan fingerprint density at radius 2 is 1.70 bits per heavy atom. The maximum absolute atomic E-state index is 12.4. The molecule has 0 saturated heterocycles. The van der Waals surface area contributed by atoms with Crippen molar-refractivity contribution in [2.24, 2.45) is 5.10 Å². The van der Waals surface area contributed by atoms with Crippen molar-refractivity contribution < 1.29 is 19.1 Å². The molecule has 3 rings (SSSR count). The highest BCUT2D eigenvalue weighted by Gasteiger charge is 2.11. The number of amides is 2. The average molecular weight is 466 g/mol. The fraction of sp³-hybridized carbons (Fsp3) is 0.160. The molecule has 2 amide bonds. The molecule has 3 aromatic carbocycles. The number of methoxy groups -OCH3 is 1. The molecule has 0 aliphatic rings. The molecule has 2 N–H and O–H groups in total. The summed E-state index contributed by atoms with van der Waals surface area (Å²) >= 11 is 6.05. The number of anilines is 1. The molecule has 0 atom stereocenters. The number of hydrogen-bond acceptors (Lipinski definition) is 5. The number of rotatable bonds is 8.